The van der Waals surface area contributed by atoms with Crippen molar-refractivity contribution in [2.45, 2.75) is 6.43 Å². The molecule has 2 aromatic rings. The molecule has 1 aromatic heterocycles. The molecule has 0 N–H and O–H groups in total. The molecule has 0 atom stereocenters. The Kier molecular flexibility index (Phi) is 2.25. The van der Waals surface area contributed by atoms with E-state index in [9.17, 15) is 8.78 Å². The third-order valence-electron chi connectivity index (χ3n) is 2.36. The van der Waals surface area contributed by atoms with Crippen LogP contribution < -0.4 is 9.47 Å². The lowest BCUT2D eigenvalue weighted by Crippen LogP contribution is -1.96. The molecular formula is C10H5ClF2N2O2. The molecule has 0 radical (unpaired) electrons. The topological polar surface area (TPSA) is 44.2 Å². The zero-order valence-electron chi connectivity index (χ0n) is 8.28. The Hall–Kier alpha value is -1.69. The van der Waals surface area contributed by atoms with Crippen molar-refractivity contribution in [1.82, 2.24) is 9.97 Å². The number of hydrogen-bond donors (Lipinski definition) is 0. The Morgan fingerprint density at radius 2 is 1.88 bits per heavy atom. The van der Waals surface area contributed by atoms with Gasteiger partial charge in [0.15, 0.2) is 17.3 Å². The number of ether oxygens (including phenoxy) is 2. The average Bonchev–Trinajstić information content (AvgIpc) is 2.73. The largest absolute Gasteiger partial charge is 0.454 e. The van der Waals surface area contributed by atoms with Gasteiger partial charge in [0.2, 0.25) is 6.79 Å². The normalized spacial score (nSPS) is 13.6. The summed E-state index contributed by atoms with van der Waals surface area (Å²) in [6.45, 7) is 0.0956. The molecule has 0 aliphatic carbocycles. The Bertz CT molecular complexity index is 606. The van der Waals surface area contributed by atoms with Crippen LogP contribution in [0.2, 0.25) is 5.15 Å². The van der Waals surface area contributed by atoms with Crippen LogP contribution >= 0.6 is 11.6 Å². The Labute approximate surface area is 99.1 Å². The Morgan fingerprint density at radius 3 is 2.59 bits per heavy atom. The van der Waals surface area contributed by atoms with Crippen molar-refractivity contribution in [3.63, 3.8) is 0 Å². The van der Waals surface area contributed by atoms with E-state index in [0.717, 1.165) is 0 Å². The first-order valence-electron chi connectivity index (χ1n) is 4.70. The third-order valence-corrected chi connectivity index (χ3v) is 2.64. The van der Waals surface area contributed by atoms with Crippen LogP contribution in [0.4, 0.5) is 8.78 Å². The van der Waals surface area contributed by atoms with Gasteiger partial charge >= 0.3 is 0 Å². The van der Waals surface area contributed by atoms with Crippen LogP contribution in [0.1, 0.15) is 12.2 Å². The number of aromatic nitrogens is 2. The number of hydrogen-bond acceptors (Lipinski definition) is 4. The van der Waals surface area contributed by atoms with Crippen molar-refractivity contribution in [2.75, 3.05) is 6.79 Å². The standard InChI is InChI=1S/C10H5ClF2N2O2/c11-8-4-1-6-7(17-3-16-6)2-5(4)14-10(15-8)9(12)13/h1-2,9H,3H2. The number of benzene rings is 1. The van der Waals surface area contributed by atoms with E-state index >= 15 is 0 Å². The minimum atomic E-state index is -2.76. The van der Waals surface area contributed by atoms with E-state index in [4.69, 9.17) is 21.1 Å². The van der Waals surface area contributed by atoms with Gasteiger partial charge in [-0.05, 0) is 6.07 Å². The van der Waals surface area contributed by atoms with Crippen LogP contribution in [-0.2, 0) is 0 Å². The highest BCUT2D eigenvalue weighted by Gasteiger charge is 2.19. The van der Waals surface area contributed by atoms with E-state index in [-0.39, 0.29) is 11.9 Å². The van der Waals surface area contributed by atoms with Gasteiger partial charge in [0.25, 0.3) is 6.43 Å². The second-order valence-electron chi connectivity index (χ2n) is 3.40. The molecule has 0 spiro atoms. The molecule has 0 saturated carbocycles. The fourth-order valence-corrected chi connectivity index (χ4v) is 1.83. The minimum Gasteiger partial charge on any atom is -0.454 e. The first-order chi connectivity index (χ1) is 8.15. The zero-order valence-corrected chi connectivity index (χ0v) is 9.04. The van der Waals surface area contributed by atoms with E-state index in [1.807, 2.05) is 0 Å². The van der Waals surface area contributed by atoms with Gasteiger partial charge in [0, 0.05) is 11.5 Å². The van der Waals surface area contributed by atoms with Gasteiger partial charge < -0.3 is 9.47 Å². The summed E-state index contributed by atoms with van der Waals surface area (Å²) in [4.78, 5) is 7.27. The van der Waals surface area contributed by atoms with E-state index in [0.29, 0.717) is 22.4 Å². The van der Waals surface area contributed by atoms with Gasteiger partial charge in [-0.25, -0.2) is 18.7 Å². The molecule has 3 rings (SSSR count). The summed E-state index contributed by atoms with van der Waals surface area (Å²) in [5.41, 5.74) is 0.310. The first kappa shape index (κ1) is 10.5. The summed E-state index contributed by atoms with van der Waals surface area (Å²) in [6.07, 6.45) is -2.76. The summed E-state index contributed by atoms with van der Waals surface area (Å²) in [5, 5.41) is 0.434. The van der Waals surface area contributed by atoms with Crippen molar-refractivity contribution in [3.8, 4) is 11.5 Å². The molecule has 0 fully saturated rings. The van der Waals surface area contributed by atoms with E-state index in [1.165, 1.54) is 6.07 Å². The molecule has 1 aliphatic rings. The smallest absolute Gasteiger partial charge is 0.297 e. The molecule has 7 heteroatoms. The molecule has 0 amide bonds. The molecule has 1 aromatic carbocycles. The maximum Gasteiger partial charge on any atom is 0.297 e. The molecule has 1 aliphatic heterocycles. The van der Waals surface area contributed by atoms with Crippen LogP contribution in [-0.4, -0.2) is 16.8 Å². The summed E-state index contributed by atoms with van der Waals surface area (Å²) >= 11 is 5.83. The molecule has 88 valence electrons. The van der Waals surface area contributed by atoms with Gasteiger partial charge in [-0.15, -0.1) is 0 Å². The summed E-state index contributed by atoms with van der Waals surface area (Å²) in [5.74, 6) is 0.377. The third kappa shape index (κ3) is 1.64. The lowest BCUT2D eigenvalue weighted by molar-refractivity contribution is 0.141. The maximum atomic E-state index is 12.5. The molecular weight excluding hydrogens is 254 g/mol. The van der Waals surface area contributed by atoms with Crippen molar-refractivity contribution >= 4 is 22.5 Å². The summed E-state index contributed by atoms with van der Waals surface area (Å²) in [7, 11) is 0. The van der Waals surface area contributed by atoms with Gasteiger partial charge in [0.1, 0.15) is 5.15 Å². The SMILES string of the molecule is FC(F)c1nc(Cl)c2cc3c(cc2n1)OCO3. The minimum absolute atomic E-state index is 0.0244. The first-order valence-corrected chi connectivity index (χ1v) is 5.08. The molecule has 4 nitrogen and oxygen atoms in total. The highest BCUT2D eigenvalue weighted by molar-refractivity contribution is 6.34. The molecule has 2 heterocycles. The van der Waals surface area contributed by atoms with E-state index in [1.54, 1.807) is 6.07 Å². The fraction of sp³-hybridized carbons (Fsp3) is 0.200. The van der Waals surface area contributed by atoms with Crippen LogP contribution in [0, 0.1) is 0 Å². The molecule has 0 bridgehead atoms. The number of fused-ring (bicyclic) bond motifs is 2. The number of halogens is 3. The van der Waals surface area contributed by atoms with Crippen LogP contribution in [0.15, 0.2) is 12.1 Å². The second kappa shape index (κ2) is 3.66. The highest BCUT2D eigenvalue weighted by atomic mass is 35.5. The van der Waals surface area contributed by atoms with Gasteiger partial charge in [-0.1, -0.05) is 11.6 Å². The van der Waals surface area contributed by atoms with Crippen molar-refractivity contribution in [3.05, 3.63) is 23.1 Å². The summed E-state index contributed by atoms with van der Waals surface area (Å²) in [6, 6.07) is 3.09. The monoisotopic (exact) mass is 258 g/mol. The van der Waals surface area contributed by atoms with Crippen LogP contribution in [0.25, 0.3) is 10.9 Å². The van der Waals surface area contributed by atoms with E-state index < -0.39 is 12.2 Å². The van der Waals surface area contributed by atoms with Crippen molar-refractivity contribution in [1.29, 1.82) is 0 Å². The van der Waals surface area contributed by atoms with Gasteiger partial charge in [-0.3, -0.25) is 0 Å². The lowest BCUT2D eigenvalue weighted by atomic mass is 10.2. The van der Waals surface area contributed by atoms with E-state index in [2.05, 4.69) is 9.97 Å². The Balaban J connectivity index is 2.28. The maximum absolute atomic E-state index is 12.5. The number of nitrogens with zero attached hydrogens (tertiary/aromatic N) is 2. The fourth-order valence-electron chi connectivity index (χ4n) is 1.60. The number of rotatable bonds is 1. The lowest BCUT2D eigenvalue weighted by Gasteiger charge is -2.04. The van der Waals surface area contributed by atoms with Crippen LogP contribution in [0.5, 0.6) is 11.5 Å². The summed E-state index contributed by atoms with van der Waals surface area (Å²) < 4.78 is 35.3. The molecule has 0 unspecified atom stereocenters. The number of alkyl halides is 2. The highest BCUT2D eigenvalue weighted by Crippen LogP contribution is 2.37. The average molecular weight is 259 g/mol. The quantitative estimate of drug-likeness (QED) is 0.738. The Morgan fingerprint density at radius 1 is 1.18 bits per heavy atom. The van der Waals surface area contributed by atoms with Crippen molar-refractivity contribution in [2.24, 2.45) is 0 Å². The molecule has 0 saturated heterocycles. The predicted molar refractivity (Wildman–Crippen MR) is 55.6 cm³/mol. The van der Waals surface area contributed by atoms with Gasteiger partial charge in [0.05, 0.1) is 5.52 Å². The van der Waals surface area contributed by atoms with Crippen LogP contribution in [0.3, 0.4) is 0 Å². The zero-order chi connectivity index (χ0) is 12.0. The van der Waals surface area contributed by atoms with Gasteiger partial charge in [-0.2, -0.15) is 0 Å². The molecule has 17 heavy (non-hydrogen) atoms. The van der Waals surface area contributed by atoms with Crippen molar-refractivity contribution < 1.29 is 18.3 Å². The second-order valence-corrected chi connectivity index (χ2v) is 3.75. The predicted octanol–water partition coefficient (Wildman–Crippen LogP) is 2.95.